The van der Waals surface area contributed by atoms with E-state index in [1.165, 1.54) is 6.42 Å². The van der Waals surface area contributed by atoms with Gasteiger partial charge in [-0.2, -0.15) is 0 Å². The number of rotatable bonds is 4. The molecule has 0 bridgehead atoms. The Morgan fingerprint density at radius 1 is 1.29 bits per heavy atom. The summed E-state index contributed by atoms with van der Waals surface area (Å²) < 4.78 is 1.83. The quantitative estimate of drug-likeness (QED) is 0.902. The van der Waals surface area contributed by atoms with E-state index < -0.39 is 5.60 Å². The van der Waals surface area contributed by atoms with Crippen molar-refractivity contribution in [3.63, 3.8) is 0 Å². The van der Waals surface area contributed by atoms with E-state index in [4.69, 9.17) is 0 Å². The molecule has 2 aromatic rings. The first kappa shape index (κ1) is 14.1. The van der Waals surface area contributed by atoms with Crippen LogP contribution in [0.25, 0.3) is 11.0 Å². The van der Waals surface area contributed by atoms with E-state index in [0.717, 1.165) is 36.7 Å². The molecule has 0 unspecified atom stereocenters. The largest absolute Gasteiger partial charge is 0.388 e. The molecule has 0 atom stereocenters. The van der Waals surface area contributed by atoms with Gasteiger partial charge < -0.3 is 15.0 Å². The Labute approximate surface area is 124 Å². The van der Waals surface area contributed by atoms with E-state index in [2.05, 4.69) is 10.3 Å². The SMILES string of the molecule is O=C(Cn1cnc2ccccc21)NCC1(O)CCCCC1. The number of fused-ring (bicyclic) bond motifs is 1. The molecule has 0 spiro atoms. The minimum atomic E-state index is -0.717. The molecule has 112 valence electrons. The van der Waals surface area contributed by atoms with Crippen molar-refractivity contribution < 1.29 is 9.90 Å². The lowest BCUT2D eigenvalue weighted by atomic mass is 9.85. The summed E-state index contributed by atoms with van der Waals surface area (Å²) in [5, 5.41) is 13.2. The van der Waals surface area contributed by atoms with E-state index in [-0.39, 0.29) is 12.5 Å². The van der Waals surface area contributed by atoms with Gasteiger partial charge in [-0.25, -0.2) is 4.98 Å². The van der Waals surface area contributed by atoms with Gasteiger partial charge in [0.15, 0.2) is 0 Å². The summed E-state index contributed by atoms with van der Waals surface area (Å²) in [5.41, 5.74) is 1.12. The molecule has 0 saturated heterocycles. The molecule has 1 heterocycles. The average Bonchev–Trinajstić information content (AvgIpc) is 2.90. The van der Waals surface area contributed by atoms with Gasteiger partial charge >= 0.3 is 0 Å². The normalized spacial score (nSPS) is 17.8. The van der Waals surface area contributed by atoms with Crippen LogP contribution >= 0.6 is 0 Å². The molecule has 0 aliphatic heterocycles. The smallest absolute Gasteiger partial charge is 0.240 e. The molecular formula is C16H21N3O2. The van der Waals surface area contributed by atoms with Crippen LogP contribution in [0.1, 0.15) is 32.1 Å². The summed E-state index contributed by atoms with van der Waals surface area (Å²) in [5.74, 6) is -0.0860. The van der Waals surface area contributed by atoms with Crippen molar-refractivity contribution in [1.29, 1.82) is 0 Å². The van der Waals surface area contributed by atoms with Crippen LogP contribution in [0.5, 0.6) is 0 Å². The van der Waals surface area contributed by atoms with Crippen LogP contribution in [-0.4, -0.2) is 32.7 Å². The summed E-state index contributed by atoms with van der Waals surface area (Å²) in [7, 11) is 0. The number of nitrogens with zero attached hydrogens (tertiary/aromatic N) is 2. The molecule has 3 rings (SSSR count). The lowest BCUT2D eigenvalue weighted by Gasteiger charge is -2.32. The summed E-state index contributed by atoms with van der Waals surface area (Å²) in [6.45, 7) is 0.578. The van der Waals surface area contributed by atoms with Crippen molar-refractivity contribution in [2.45, 2.75) is 44.2 Å². The summed E-state index contributed by atoms with van der Waals surface area (Å²) >= 11 is 0. The maximum atomic E-state index is 12.1. The van der Waals surface area contributed by atoms with E-state index in [1.807, 2.05) is 28.8 Å². The van der Waals surface area contributed by atoms with Crippen LogP contribution in [0.3, 0.4) is 0 Å². The fraction of sp³-hybridized carbons (Fsp3) is 0.500. The van der Waals surface area contributed by atoms with E-state index in [9.17, 15) is 9.90 Å². The molecule has 1 amide bonds. The number of amides is 1. The molecule has 21 heavy (non-hydrogen) atoms. The summed E-state index contributed by atoms with van der Waals surface area (Å²) in [6.07, 6.45) is 6.50. The molecular weight excluding hydrogens is 266 g/mol. The highest BCUT2D eigenvalue weighted by Gasteiger charge is 2.29. The lowest BCUT2D eigenvalue weighted by molar-refractivity contribution is -0.123. The third-order valence-electron chi connectivity index (χ3n) is 4.24. The number of hydrogen-bond acceptors (Lipinski definition) is 3. The predicted molar refractivity (Wildman–Crippen MR) is 80.8 cm³/mol. The van der Waals surface area contributed by atoms with Gasteiger partial charge in [0, 0.05) is 6.54 Å². The third kappa shape index (κ3) is 3.24. The Bertz CT molecular complexity index is 629. The van der Waals surface area contributed by atoms with Gasteiger partial charge in [-0.15, -0.1) is 0 Å². The van der Waals surface area contributed by atoms with Crippen molar-refractivity contribution in [1.82, 2.24) is 14.9 Å². The minimum Gasteiger partial charge on any atom is -0.388 e. The molecule has 0 radical (unpaired) electrons. The van der Waals surface area contributed by atoms with Crippen LogP contribution in [0.4, 0.5) is 0 Å². The molecule has 1 fully saturated rings. The van der Waals surface area contributed by atoms with E-state index in [0.29, 0.717) is 6.54 Å². The molecule has 1 aromatic carbocycles. The zero-order valence-corrected chi connectivity index (χ0v) is 12.1. The Hall–Kier alpha value is -1.88. The Balaban J connectivity index is 1.59. The maximum Gasteiger partial charge on any atom is 0.240 e. The number of hydrogen-bond donors (Lipinski definition) is 2. The second-order valence-electron chi connectivity index (χ2n) is 5.92. The van der Waals surface area contributed by atoms with Crippen molar-refractivity contribution in [2.24, 2.45) is 0 Å². The van der Waals surface area contributed by atoms with Crippen molar-refractivity contribution >= 4 is 16.9 Å². The fourth-order valence-corrected chi connectivity index (χ4v) is 3.00. The lowest BCUT2D eigenvalue weighted by Crippen LogP contribution is -2.45. The number of aromatic nitrogens is 2. The fourth-order valence-electron chi connectivity index (χ4n) is 3.00. The summed E-state index contributed by atoms with van der Waals surface area (Å²) in [6, 6.07) is 7.74. The molecule has 2 N–H and O–H groups in total. The van der Waals surface area contributed by atoms with Crippen molar-refractivity contribution in [2.75, 3.05) is 6.54 Å². The molecule has 1 aromatic heterocycles. The first-order valence-corrected chi connectivity index (χ1v) is 7.55. The van der Waals surface area contributed by atoms with E-state index >= 15 is 0 Å². The number of nitrogens with one attached hydrogen (secondary N) is 1. The highest BCUT2D eigenvalue weighted by atomic mass is 16.3. The highest BCUT2D eigenvalue weighted by Crippen LogP contribution is 2.27. The monoisotopic (exact) mass is 287 g/mol. The second-order valence-corrected chi connectivity index (χ2v) is 5.92. The first-order chi connectivity index (χ1) is 10.2. The summed E-state index contributed by atoms with van der Waals surface area (Å²) in [4.78, 5) is 16.3. The molecule has 5 nitrogen and oxygen atoms in total. The van der Waals surface area contributed by atoms with Gasteiger partial charge in [0.25, 0.3) is 0 Å². The topological polar surface area (TPSA) is 67.2 Å². The van der Waals surface area contributed by atoms with Crippen LogP contribution in [0.2, 0.25) is 0 Å². The third-order valence-corrected chi connectivity index (χ3v) is 4.24. The minimum absolute atomic E-state index is 0.0860. The van der Waals surface area contributed by atoms with Gasteiger partial charge in [0.2, 0.25) is 5.91 Å². The zero-order chi connectivity index (χ0) is 14.7. The van der Waals surface area contributed by atoms with Crippen molar-refractivity contribution in [3.8, 4) is 0 Å². The van der Waals surface area contributed by atoms with Gasteiger partial charge in [-0.05, 0) is 25.0 Å². The molecule has 1 saturated carbocycles. The van der Waals surface area contributed by atoms with Gasteiger partial charge in [0.05, 0.1) is 23.0 Å². The molecule has 5 heteroatoms. The average molecular weight is 287 g/mol. The predicted octanol–water partition coefficient (Wildman–Crippen LogP) is 1.85. The Morgan fingerprint density at radius 2 is 2.05 bits per heavy atom. The van der Waals surface area contributed by atoms with Gasteiger partial charge in [0.1, 0.15) is 6.54 Å². The molecule has 1 aliphatic rings. The Kier molecular flexibility index (Phi) is 3.92. The number of para-hydroxylation sites is 2. The first-order valence-electron chi connectivity index (χ1n) is 7.55. The van der Waals surface area contributed by atoms with Crippen LogP contribution < -0.4 is 5.32 Å². The van der Waals surface area contributed by atoms with Gasteiger partial charge in [-0.3, -0.25) is 4.79 Å². The van der Waals surface area contributed by atoms with Crippen LogP contribution in [-0.2, 0) is 11.3 Å². The van der Waals surface area contributed by atoms with Crippen LogP contribution in [0, 0.1) is 0 Å². The second kappa shape index (κ2) is 5.85. The number of benzene rings is 1. The maximum absolute atomic E-state index is 12.1. The standard InChI is InChI=1S/C16H21N3O2/c20-15(17-11-16(21)8-4-1-5-9-16)10-19-12-18-13-6-2-3-7-14(13)19/h2-3,6-7,12,21H,1,4-5,8-11H2,(H,17,20). The van der Waals surface area contributed by atoms with Crippen LogP contribution in [0.15, 0.2) is 30.6 Å². The van der Waals surface area contributed by atoms with Crippen molar-refractivity contribution in [3.05, 3.63) is 30.6 Å². The number of carbonyl (C=O) groups excluding carboxylic acids is 1. The Morgan fingerprint density at radius 3 is 2.86 bits per heavy atom. The van der Waals surface area contributed by atoms with E-state index in [1.54, 1.807) is 6.33 Å². The number of imidazole rings is 1. The zero-order valence-electron chi connectivity index (χ0n) is 12.1. The highest BCUT2D eigenvalue weighted by molar-refractivity contribution is 5.80. The number of aliphatic hydroxyl groups is 1. The molecule has 1 aliphatic carbocycles. The number of carbonyl (C=O) groups is 1. The van der Waals surface area contributed by atoms with Gasteiger partial charge in [-0.1, -0.05) is 31.4 Å².